The van der Waals surface area contributed by atoms with Crippen LogP contribution in [0.3, 0.4) is 0 Å². The number of rotatable bonds is 5. The first-order valence-corrected chi connectivity index (χ1v) is 8.70. The lowest BCUT2D eigenvalue weighted by atomic mass is 9.99. The molecule has 0 saturated carbocycles. The van der Waals surface area contributed by atoms with E-state index in [9.17, 15) is 0 Å². The molecule has 1 saturated heterocycles. The molecule has 2 nitrogen and oxygen atoms in total. The second kappa shape index (κ2) is 11.3. The molecule has 1 atom stereocenters. The molecule has 0 amide bonds. The highest BCUT2D eigenvalue weighted by Crippen LogP contribution is 2.31. The van der Waals surface area contributed by atoms with E-state index in [0.717, 1.165) is 35.1 Å². The van der Waals surface area contributed by atoms with Gasteiger partial charge in [-0.15, -0.1) is 24.8 Å². The van der Waals surface area contributed by atoms with E-state index in [1.54, 1.807) is 0 Å². The third-order valence-electron chi connectivity index (χ3n) is 3.69. The van der Waals surface area contributed by atoms with E-state index < -0.39 is 0 Å². The number of hydrogen-bond donors (Lipinski definition) is 1. The van der Waals surface area contributed by atoms with Gasteiger partial charge in [-0.05, 0) is 30.2 Å². The zero-order chi connectivity index (χ0) is 13.7. The maximum Gasteiger partial charge on any atom is 0.0350 e. The third kappa shape index (κ3) is 6.76. The molecule has 1 aliphatic rings. The van der Waals surface area contributed by atoms with Gasteiger partial charge in [-0.3, -0.25) is 4.90 Å². The molecule has 6 heteroatoms. The van der Waals surface area contributed by atoms with Gasteiger partial charge in [0.25, 0.3) is 0 Å². The van der Waals surface area contributed by atoms with E-state index in [-0.39, 0.29) is 24.8 Å². The van der Waals surface area contributed by atoms with Gasteiger partial charge in [-0.2, -0.15) is 0 Å². The highest BCUT2D eigenvalue weighted by molar-refractivity contribution is 9.11. The topological polar surface area (TPSA) is 15.3 Å². The maximum atomic E-state index is 3.61. The van der Waals surface area contributed by atoms with E-state index in [0.29, 0.717) is 6.04 Å². The monoisotopic (exact) mass is 460 g/mol. The number of halogens is 4. The van der Waals surface area contributed by atoms with Crippen molar-refractivity contribution in [2.24, 2.45) is 0 Å². The molecule has 1 heterocycles. The lowest BCUT2D eigenvalue weighted by molar-refractivity contribution is 0.163. The largest absolute Gasteiger partial charge is 0.314 e. The first-order valence-electron chi connectivity index (χ1n) is 7.11. The van der Waals surface area contributed by atoms with Gasteiger partial charge in [-0.1, -0.05) is 51.6 Å². The first-order chi connectivity index (χ1) is 9.20. The summed E-state index contributed by atoms with van der Waals surface area (Å²) in [4.78, 5) is 2.63. The third-order valence-corrected chi connectivity index (χ3v) is 4.61. The molecule has 1 fully saturated rings. The molecular weight excluding hydrogens is 439 g/mol. The standard InChI is InChI=1S/C15H22Br2N2.2ClH/c1-2-3-4-15(19-7-5-18-6-8-19)12-9-13(16)11-14(17)10-12;;/h9-11,15,18H,2-8H2,1H3;2*1H/t15-;;/m0../s1. The molecule has 1 aromatic carbocycles. The fraction of sp³-hybridized carbons (Fsp3) is 0.600. The summed E-state index contributed by atoms with van der Waals surface area (Å²) in [5.41, 5.74) is 1.43. The van der Waals surface area contributed by atoms with Crippen LogP contribution in [-0.4, -0.2) is 31.1 Å². The minimum Gasteiger partial charge on any atom is -0.314 e. The Balaban J connectivity index is 0.00000200. The minimum absolute atomic E-state index is 0. The number of nitrogens with one attached hydrogen (secondary N) is 1. The number of piperazine rings is 1. The second-order valence-corrected chi connectivity index (χ2v) is 6.98. The van der Waals surface area contributed by atoms with Crippen LogP contribution in [0.2, 0.25) is 0 Å². The smallest absolute Gasteiger partial charge is 0.0350 e. The number of benzene rings is 1. The summed E-state index contributed by atoms with van der Waals surface area (Å²) in [5.74, 6) is 0. The van der Waals surface area contributed by atoms with Crippen LogP contribution < -0.4 is 5.32 Å². The van der Waals surface area contributed by atoms with Gasteiger partial charge in [0.2, 0.25) is 0 Å². The van der Waals surface area contributed by atoms with Crippen molar-refractivity contribution in [2.75, 3.05) is 26.2 Å². The van der Waals surface area contributed by atoms with E-state index in [2.05, 4.69) is 67.2 Å². The Hall–Kier alpha value is 0.680. The average molecular weight is 463 g/mol. The van der Waals surface area contributed by atoms with Crippen molar-refractivity contribution in [1.29, 1.82) is 0 Å². The van der Waals surface area contributed by atoms with E-state index in [1.807, 2.05) is 0 Å². The normalized spacial score (nSPS) is 16.7. The van der Waals surface area contributed by atoms with Gasteiger partial charge in [0, 0.05) is 41.2 Å². The SMILES string of the molecule is CCCC[C@@H](c1cc(Br)cc(Br)c1)N1CCNCC1.Cl.Cl. The Morgan fingerprint density at radius 2 is 1.67 bits per heavy atom. The average Bonchev–Trinajstić information content (AvgIpc) is 2.39. The molecule has 1 N–H and O–H groups in total. The molecule has 21 heavy (non-hydrogen) atoms. The van der Waals surface area contributed by atoms with Gasteiger partial charge >= 0.3 is 0 Å². The minimum atomic E-state index is 0. The Morgan fingerprint density at radius 3 is 2.19 bits per heavy atom. The zero-order valence-electron chi connectivity index (χ0n) is 12.3. The predicted octanol–water partition coefficient (Wildman–Crippen LogP) is 5.19. The van der Waals surface area contributed by atoms with Crippen LogP contribution in [0.1, 0.15) is 37.8 Å². The van der Waals surface area contributed by atoms with Gasteiger partial charge in [0.15, 0.2) is 0 Å². The number of nitrogens with zero attached hydrogens (tertiary/aromatic N) is 1. The molecular formula is C15H24Br2Cl2N2. The van der Waals surface area contributed by atoms with E-state index in [4.69, 9.17) is 0 Å². The van der Waals surface area contributed by atoms with Crippen molar-refractivity contribution in [2.45, 2.75) is 32.2 Å². The van der Waals surface area contributed by atoms with Gasteiger partial charge in [0.05, 0.1) is 0 Å². The summed E-state index contributed by atoms with van der Waals surface area (Å²) < 4.78 is 2.32. The summed E-state index contributed by atoms with van der Waals surface area (Å²) in [6.07, 6.45) is 3.80. The molecule has 0 unspecified atom stereocenters. The lowest BCUT2D eigenvalue weighted by Crippen LogP contribution is -2.45. The fourth-order valence-corrected chi connectivity index (χ4v) is 4.05. The van der Waals surface area contributed by atoms with Crippen LogP contribution in [0.5, 0.6) is 0 Å². The van der Waals surface area contributed by atoms with Gasteiger partial charge in [0.1, 0.15) is 0 Å². The van der Waals surface area contributed by atoms with Crippen molar-refractivity contribution in [1.82, 2.24) is 10.2 Å². The van der Waals surface area contributed by atoms with Crippen LogP contribution in [0.15, 0.2) is 27.1 Å². The molecule has 0 bridgehead atoms. The fourth-order valence-electron chi connectivity index (χ4n) is 2.72. The Morgan fingerprint density at radius 1 is 1.10 bits per heavy atom. The van der Waals surface area contributed by atoms with Gasteiger partial charge < -0.3 is 5.32 Å². The van der Waals surface area contributed by atoms with Crippen LogP contribution in [0.25, 0.3) is 0 Å². The number of hydrogen-bond acceptors (Lipinski definition) is 2. The Kier molecular flexibility index (Phi) is 11.6. The van der Waals surface area contributed by atoms with Crippen LogP contribution in [0, 0.1) is 0 Å². The van der Waals surface area contributed by atoms with Crippen molar-refractivity contribution in [3.8, 4) is 0 Å². The Labute approximate surface area is 157 Å². The summed E-state index contributed by atoms with van der Waals surface area (Å²) >= 11 is 7.23. The second-order valence-electron chi connectivity index (χ2n) is 5.15. The molecule has 122 valence electrons. The zero-order valence-corrected chi connectivity index (χ0v) is 17.1. The summed E-state index contributed by atoms with van der Waals surface area (Å²) in [6.45, 7) is 6.79. The highest BCUT2D eigenvalue weighted by atomic mass is 79.9. The Bertz CT molecular complexity index is 392. The van der Waals surface area contributed by atoms with E-state index in [1.165, 1.54) is 24.8 Å². The molecule has 1 aliphatic heterocycles. The summed E-state index contributed by atoms with van der Waals surface area (Å²) in [7, 11) is 0. The van der Waals surface area contributed by atoms with Crippen molar-refractivity contribution >= 4 is 56.7 Å². The summed E-state index contributed by atoms with van der Waals surface area (Å²) in [6, 6.07) is 7.20. The van der Waals surface area contributed by atoms with E-state index >= 15 is 0 Å². The quantitative estimate of drug-likeness (QED) is 0.647. The van der Waals surface area contributed by atoms with Crippen LogP contribution >= 0.6 is 56.7 Å². The number of unbranched alkanes of at least 4 members (excludes halogenated alkanes) is 1. The predicted molar refractivity (Wildman–Crippen MR) is 103 cm³/mol. The molecule has 1 aromatic rings. The lowest BCUT2D eigenvalue weighted by Gasteiger charge is -2.35. The summed E-state index contributed by atoms with van der Waals surface area (Å²) in [5, 5.41) is 3.44. The molecule has 0 spiro atoms. The molecule has 0 aromatic heterocycles. The van der Waals surface area contributed by atoms with Gasteiger partial charge in [-0.25, -0.2) is 0 Å². The van der Waals surface area contributed by atoms with Crippen LogP contribution in [0.4, 0.5) is 0 Å². The first kappa shape index (κ1) is 21.7. The van der Waals surface area contributed by atoms with Crippen molar-refractivity contribution in [3.63, 3.8) is 0 Å². The molecule has 0 radical (unpaired) electrons. The maximum absolute atomic E-state index is 3.61. The van der Waals surface area contributed by atoms with Crippen molar-refractivity contribution < 1.29 is 0 Å². The van der Waals surface area contributed by atoms with Crippen molar-refractivity contribution in [3.05, 3.63) is 32.7 Å². The highest BCUT2D eigenvalue weighted by Gasteiger charge is 2.22. The molecule has 2 rings (SSSR count). The van der Waals surface area contributed by atoms with Crippen LogP contribution in [-0.2, 0) is 0 Å². The molecule has 0 aliphatic carbocycles.